The smallest absolute Gasteiger partial charge is 0.0184 e. The number of nitrogens with two attached hydrogens (primary N) is 1. The van der Waals surface area contributed by atoms with Crippen LogP contribution < -0.4 is 5.73 Å². The Hall–Kier alpha value is -1.60. The van der Waals surface area contributed by atoms with Crippen molar-refractivity contribution in [3.8, 4) is 11.1 Å². The molecule has 1 aliphatic carbocycles. The molecule has 0 spiro atoms. The summed E-state index contributed by atoms with van der Waals surface area (Å²) in [5.74, 6) is 0. The van der Waals surface area contributed by atoms with Crippen LogP contribution in [0.4, 0.5) is 0 Å². The Balaban J connectivity index is 2.09. The standard InChI is InChI=1S/C16H17N/c17-11-15-4-1-2-7-16(15)14-9-8-12-5-3-6-13(12)10-14/h1-2,4,7-10H,3,5-6,11,17H2. The highest BCUT2D eigenvalue weighted by Crippen LogP contribution is 2.29. The molecule has 2 N–H and O–H groups in total. The minimum absolute atomic E-state index is 0.604. The topological polar surface area (TPSA) is 26.0 Å². The average Bonchev–Trinajstić information content (AvgIpc) is 2.85. The molecule has 1 aliphatic rings. The third kappa shape index (κ3) is 1.87. The molecule has 2 aromatic rings. The predicted octanol–water partition coefficient (Wildman–Crippen LogP) is 3.30. The summed E-state index contributed by atoms with van der Waals surface area (Å²) in [5.41, 5.74) is 12.7. The van der Waals surface area contributed by atoms with Crippen molar-refractivity contribution in [3.63, 3.8) is 0 Å². The van der Waals surface area contributed by atoms with Crippen molar-refractivity contribution in [2.45, 2.75) is 25.8 Å². The first-order chi connectivity index (χ1) is 8.38. The summed E-state index contributed by atoms with van der Waals surface area (Å²) in [6, 6.07) is 15.3. The maximum absolute atomic E-state index is 5.80. The first-order valence-electron chi connectivity index (χ1n) is 6.28. The molecule has 3 rings (SSSR count). The van der Waals surface area contributed by atoms with Crippen molar-refractivity contribution in [1.29, 1.82) is 0 Å². The maximum atomic E-state index is 5.80. The molecule has 0 saturated carbocycles. The van der Waals surface area contributed by atoms with Crippen LogP contribution in [-0.2, 0) is 19.4 Å². The SMILES string of the molecule is NCc1ccccc1-c1ccc2c(c1)CCC2. The summed E-state index contributed by atoms with van der Waals surface area (Å²) in [6.45, 7) is 0.604. The lowest BCUT2D eigenvalue weighted by Gasteiger charge is -2.09. The third-order valence-electron chi connectivity index (χ3n) is 3.65. The Morgan fingerprint density at radius 1 is 0.941 bits per heavy atom. The zero-order valence-corrected chi connectivity index (χ0v) is 9.95. The van der Waals surface area contributed by atoms with Crippen LogP contribution in [0.15, 0.2) is 42.5 Å². The van der Waals surface area contributed by atoms with E-state index in [0.717, 1.165) is 0 Å². The summed E-state index contributed by atoms with van der Waals surface area (Å²) in [4.78, 5) is 0. The van der Waals surface area contributed by atoms with Gasteiger partial charge >= 0.3 is 0 Å². The second kappa shape index (κ2) is 4.34. The maximum Gasteiger partial charge on any atom is 0.0184 e. The molecule has 17 heavy (non-hydrogen) atoms. The van der Waals surface area contributed by atoms with Gasteiger partial charge in [-0.3, -0.25) is 0 Å². The van der Waals surface area contributed by atoms with E-state index in [2.05, 4.69) is 42.5 Å². The molecule has 1 nitrogen and oxygen atoms in total. The molecule has 0 amide bonds. The zero-order chi connectivity index (χ0) is 11.7. The van der Waals surface area contributed by atoms with Gasteiger partial charge in [0.15, 0.2) is 0 Å². The van der Waals surface area contributed by atoms with Crippen LogP contribution in [0.3, 0.4) is 0 Å². The molecule has 2 aromatic carbocycles. The van der Waals surface area contributed by atoms with Crippen molar-refractivity contribution < 1.29 is 0 Å². The monoisotopic (exact) mass is 223 g/mol. The number of hydrogen-bond acceptors (Lipinski definition) is 1. The molecule has 1 heteroatoms. The molecule has 0 aliphatic heterocycles. The Morgan fingerprint density at radius 2 is 1.76 bits per heavy atom. The van der Waals surface area contributed by atoms with Gasteiger partial charge in [-0.15, -0.1) is 0 Å². The van der Waals surface area contributed by atoms with Crippen LogP contribution in [0.1, 0.15) is 23.1 Å². The largest absolute Gasteiger partial charge is 0.326 e. The van der Waals surface area contributed by atoms with Crippen molar-refractivity contribution in [2.24, 2.45) is 5.73 Å². The van der Waals surface area contributed by atoms with Crippen LogP contribution in [0.5, 0.6) is 0 Å². The highest BCUT2D eigenvalue weighted by Gasteiger charge is 2.12. The molecule has 0 saturated heterocycles. The second-order valence-electron chi connectivity index (χ2n) is 4.70. The van der Waals surface area contributed by atoms with E-state index >= 15 is 0 Å². The number of hydrogen-bond donors (Lipinski definition) is 1. The summed E-state index contributed by atoms with van der Waals surface area (Å²) in [6.07, 6.45) is 3.78. The van der Waals surface area contributed by atoms with E-state index in [1.54, 1.807) is 0 Å². The summed E-state index contributed by atoms with van der Waals surface area (Å²) >= 11 is 0. The molecule has 0 bridgehead atoms. The Labute approximate surface area is 102 Å². The lowest BCUT2D eigenvalue weighted by atomic mass is 9.97. The summed E-state index contributed by atoms with van der Waals surface area (Å²) < 4.78 is 0. The highest BCUT2D eigenvalue weighted by molar-refractivity contribution is 5.68. The average molecular weight is 223 g/mol. The van der Waals surface area contributed by atoms with Gasteiger partial charge in [0.2, 0.25) is 0 Å². The number of aryl methyl sites for hydroxylation is 2. The van der Waals surface area contributed by atoms with Crippen molar-refractivity contribution in [3.05, 3.63) is 59.2 Å². The first kappa shape index (κ1) is 10.5. The third-order valence-corrected chi connectivity index (χ3v) is 3.65. The quantitative estimate of drug-likeness (QED) is 0.830. The molecule has 0 fully saturated rings. The van der Waals surface area contributed by atoms with E-state index in [1.165, 1.54) is 47.1 Å². The Kier molecular flexibility index (Phi) is 2.69. The molecule has 0 heterocycles. The van der Waals surface area contributed by atoms with Gasteiger partial charge in [-0.1, -0.05) is 42.5 Å². The number of benzene rings is 2. The van der Waals surface area contributed by atoms with Gasteiger partial charge < -0.3 is 5.73 Å². The van der Waals surface area contributed by atoms with Gasteiger partial charge in [0.25, 0.3) is 0 Å². The van der Waals surface area contributed by atoms with Crippen LogP contribution in [0.2, 0.25) is 0 Å². The van der Waals surface area contributed by atoms with Crippen LogP contribution in [0.25, 0.3) is 11.1 Å². The lowest BCUT2D eigenvalue weighted by molar-refractivity contribution is 0.912. The van der Waals surface area contributed by atoms with E-state index in [0.29, 0.717) is 6.54 Å². The normalized spacial score (nSPS) is 13.7. The van der Waals surface area contributed by atoms with E-state index < -0.39 is 0 Å². The fourth-order valence-electron chi connectivity index (χ4n) is 2.72. The molecule has 0 radical (unpaired) electrons. The fraction of sp³-hybridized carbons (Fsp3) is 0.250. The zero-order valence-electron chi connectivity index (χ0n) is 9.95. The lowest BCUT2D eigenvalue weighted by Crippen LogP contribution is -1.98. The molecular formula is C16H17N. The van der Waals surface area contributed by atoms with Gasteiger partial charge in [0.05, 0.1) is 0 Å². The Morgan fingerprint density at radius 3 is 2.65 bits per heavy atom. The second-order valence-corrected chi connectivity index (χ2v) is 4.70. The van der Waals surface area contributed by atoms with E-state index in [1.807, 2.05) is 0 Å². The van der Waals surface area contributed by atoms with Gasteiger partial charge in [-0.05, 0) is 47.1 Å². The van der Waals surface area contributed by atoms with Gasteiger partial charge in [-0.25, -0.2) is 0 Å². The van der Waals surface area contributed by atoms with E-state index in [9.17, 15) is 0 Å². The highest BCUT2D eigenvalue weighted by atomic mass is 14.5. The predicted molar refractivity (Wildman–Crippen MR) is 71.8 cm³/mol. The van der Waals surface area contributed by atoms with Crippen molar-refractivity contribution >= 4 is 0 Å². The van der Waals surface area contributed by atoms with Crippen LogP contribution >= 0.6 is 0 Å². The van der Waals surface area contributed by atoms with Gasteiger partial charge in [0, 0.05) is 6.54 Å². The summed E-state index contributed by atoms with van der Waals surface area (Å²) in [5, 5.41) is 0. The van der Waals surface area contributed by atoms with Gasteiger partial charge in [-0.2, -0.15) is 0 Å². The minimum Gasteiger partial charge on any atom is -0.326 e. The van der Waals surface area contributed by atoms with Crippen molar-refractivity contribution in [2.75, 3.05) is 0 Å². The fourth-order valence-corrected chi connectivity index (χ4v) is 2.72. The van der Waals surface area contributed by atoms with Crippen molar-refractivity contribution in [1.82, 2.24) is 0 Å². The first-order valence-corrected chi connectivity index (χ1v) is 6.28. The summed E-state index contributed by atoms with van der Waals surface area (Å²) in [7, 11) is 0. The molecule has 86 valence electrons. The minimum atomic E-state index is 0.604. The van der Waals surface area contributed by atoms with E-state index in [4.69, 9.17) is 5.73 Å². The number of rotatable bonds is 2. The van der Waals surface area contributed by atoms with Crippen LogP contribution in [-0.4, -0.2) is 0 Å². The molecule has 0 unspecified atom stereocenters. The molecule has 0 atom stereocenters. The van der Waals surface area contributed by atoms with Gasteiger partial charge in [0.1, 0.15) is 0 Å². The number of fused-ring (bicyclic) bond motifs is 1. The van der Waals surface area contributed by atoms with E-state index in [-0.39, 0.29) is 0 Å². The Bertz CT molecular complexity index is 543. The molecule has 0 aromatic heterocycles. The van der Waals surface area contributed by atoms with Crippen LogP contribution in [0, 0.1) is 0 Å². The molecular weight excluding hydrogens is 206 g/mol.